The first-order valence-corrected chi connectivity index (χ1v) is 18.3. The molecule has 5 aromatic rings. The zero-order valence-electron chi connectivity index (χ0n) is 28.6. The summed E-state index contributed by atoms with van der Waals surface area (Å²) in [4.78, 5) is 23.5. The zero-order valence-corrected chi connectivity index (χ0v) is 29.5. The first-order valence-electron chi connectivity index (χ1n) is 17.3. The Balaban J connectivity index is 1.09. The minimum absolute atomic E-state index is 0.0205. The van der Waals surface area contributed by atoms with Gasteiger partial charge in [0.25, 0.3) is 0 Å². The molecular weight excluding hydrogens is 681 g/mol. The summed E-state index contributed by atoms with van der Waals surface area (Å²) in [6.45, 7) is 0.395. The minimum atomic E-state index is -0.602. The Hall–Kier alpha value is -4.92. The number of benzene rings is 4. The van der Waals surface area contributed by atoms with Crippen LogP contribution in [0.15, 0.2) is 108 Å². The highest BCUT2D eigenvalue weighted by molar-refractivity contribution is 7.99. The van der Waals surface area contributed by atoms with Crippen molar-refractivity contribution in [2.75, 3.05) is 5.75 Å². The number of aliphatic hydroxyl groups is 1. The number of amides is 2. The lowest BCUT2D eigenvalue weighted by atomic mass is 9.99. The Labute approximate surface area is 306 Å². The summed E-state index contributed by atoms with van der Waals surface area (Å²) in [5.74, 6) is 0.162. The third-order valence-electron chi connectivity index (χ3n) is 8.82. The molecule has 270 valence electrons. The number of carbonyl (C=O) groups is 2. The Kier molecular flexibility index (Phi) is 13.1. The molecular formula is C39H42N6O6S. The van der Waals surface area contributed by atoms with E-state index in [1.807, 2.05) is 97.1 Å². The number of hydrogen-bond acceptors (Lipinski definition) is 10. The van der Waals surface area contributed by atoms with Crippen molar-refractivity contribution in [3.63, 3.8) is 0 Å². The molecule has 6 rings (SSSR count). The fourth-order valence-corrected chi connectivity index (χ4v) is 6.88. The fraction of sp³-hybridized carbons (Fsp3) is 0.308. The summed E-state index contributed by atoms with van der Waals surface area (Å²) >= 11 is 1.54. The van der Waals surface area contributed by atoms with Gasteiger partial charge < -0.3 is 19.9 Å². The van der Waals surface area contributed by atoms with Gasteiger partial charge in [-0.15, -0.1) is 5.10 Å². The molecule has 12 nitrogen and oxygen atoms in total. The van der Waals surface area contributed by atoms with E-state index in [-0.39, 0.29) is 31.1 Å². The molecule has 3 atom stereocenters. The van der Waals surface area contributed by atoms with Gasteiger partial charge in [0, 0.05) is 37.1 Å². The Morgan fingerprint density at radius 2 is 1.56 bits per heavy atom. The second-order valence-electron chi connectivity index (χ2n) is 12.6. The van der Waals surface area contributed by atoms with Crippen LogP contribution in [0.25, 0.3) is 16.8 Å². The molecule has 4 aromatic carbocycles. The smallest absolute Gasteiger partial charge is 0.243 e. The van der Waals surface area contributed by atoms with Crippen molar-refractivity contribution in [3.05, 3.63) is 125 Å². The number of para-hydroxylation sites is 1. The van der Waals surface area contributed by atoms with Crippen LogP contribution in [0.2, 0.25) is 0 Å². The maximum Gasteiger partial charge on any atom is 0.243 e. The first-order chi connectivity index (χ1) is 25.5. The maximum absolute atomic E-state index is 12.4. The number of nitrogens with one attached hydrogen (secondary N) is 2. The molecule has 1 aliphatic rings. The van der Waals surface area contributed by atoms with Crippen LogP contribution in [0.4, 0.5) is 0 Å². The molecule has 0 aliphatic carbocycles. The van der Waals surface area contributed by atoms with Gasteiger partial charge in [-0.25, -0.2) is 5.48 Å². The summed E-state index contributed by atoms with van der Waals surface area (Å²) in [6, 6.07) is 33.8. The van der Waals surface area contributed by atoms with Crippen molar-refractivity contribution in [1.82, 2.24) is 31.0 Å². The van der Waals surface area contributed by atoms with Crippen molar-refractivity contribution in [2.45, 2.75) is 75.3 Å². The number of aromatic nitrogens is 4. The predicted molar refractivity (Wildman–Crippen MR) is 195 cm³/mol. The number of carbonyl (C=O) groups excluding carboxylic acids is 2. The van der Waals surface area contributed by atoms with Crippen LogP contribution < -0.4 is 10.8 Å². The van der Waals surface area contributed by atoms with E-state index in [9.17, 15) is 14.7 Å². The number of hydroxylamine groups is 1. The third-order valence-corrected chi connectivity index (χ3v) is 9.87. The molecule has 2 heterocycles. The maximum atomic E-state index is 12.4. The second kappa shape index (κ2) is 18.5. The molecule has 2 amide bonds. The number of unbranched alkanes of at least 4 members (excludes halogenated alkanes) is 2. The number of hydrogen-bond donors (Lipinski definition) is 4. The van der Waals surface area contributed by atoms with Crippen LogP contribution >= 0.6 is 11.8 Å². The largest absolute Gasteiger partial charge is 0.392 e. The number of aliphatic hydroxyl groups excluding tert-OH is 1. The molecule has 0 saturated carbocycles. The Bertz CT molecular complexity index is 1890. The summed E-state index contributed by atoms with van der Waals surface area (Å²) in [6.07, 6.45) is 2.31. The van der Waals surface area contributed by atoms with Crippen LogP contribution in [-0.4, -0.2) is 54.2 Å². The lowest BCUT2D eigenvalue weighted by molar-refractivity contribution is -0.245. The van der Waals surface area contributed by atoms with Gasteiger partial charge in [0.05, 0.1) is 24.5 Å². The van der Waals surface area contributed by atoms with E-state index in [4.69, 9.17) is 14.7 Å². The topological polar surface area (TPSA) is 161 Å². The van der Waals surface area contributed by atoms with Crippen LogP contribution in [0.3, 0.4) is 0 Å². The summed E-state index contributed by atoms with van der Waals surface area (Å²) in [7, 11) is 0. The quantitative estimate of drug-likeness (QED) is 0.0398. The molecule has 1 fully saturated rings. The lowest BCUT2D eigenvalue weighted by Crippen LogP contribution is -2.31. The van der Waals surface area contributed by atoms with E-state index in [0.29, 0.717) is 43.1 Å². The van der Waals surface area contributed by atoms with E-state index < -0.39 is 12.2 Å². The Morgan fingerprint density at radius 1 is 0.808 bits per heavy atom. The number of thioether (sulfide) groups is 1. The average molecular weight is 723 g/mol. The van der Waals surface area contributed by atoms with Gasteiger partial charge in [0.15, 0.2) is 6.29 Å². The highest BCUT2D eigenvalue weighted by atomic mass is 32.2. The van der Waals surface area contributed by atoms with Crippen molar-refractivity contribution >= 4 is 23.6 Å². The van der Waals surface area contributed by atoms with E-state index in [2.05, 4.69) is 26.9 Å². The first kappa shape index (κ1) is 36.9. The standard InChI is InChI=1S/C39H42N6O6S/c46-25-27-14-16-30(17-15-27)35-23-34(26-52-39-41-43-44-45(39)33-10-3-1-4-11-33)50-38(51-35)31-20-18-29(19-21-31)32-9-7-8-28(22-32)24-40-36(47)12-5-2-6-13-37(48)42-49/h1,3-4,7-11,14-22,34-35,38,46,49H,2,5-6,12-13,23-26H2,(H,40,47)(H,42,48)/t34-,35+,38+/m1/s1. The van der Waals surface area contributed by atoms with Gasteiger partial charge in [-0.2, -0.15) is 4.68 Å². The van der Waals surface area contributed by atoms with Crippen molar-refractivity contribution < 1.29 is 29.4 Å². The molecule has 1 aliphatic heterocycles. The SMILES string of the molecule is O=C(CCCCCC(=O)NCc1cccc(-c2ccc([C@H]3O[C@@H](CSc4nnnn4-c4ccccc4)C[C@@H](c4ccc(CO)cc4)O3)cc2)c1)NO. The highest BCUT2D eigenvalue weighted by Crippen LogP contribution is 2.40. The normalized spacial score (nSPS) is 17.1. The van der Waals surface area contributed by atoms with Gasteiger partial charge in [-0.05, 0) is 69.3 Å². The highest BCUT2D eigenvalue weighted by Gasteiger charge is 2.32. The number of tetrazole rings is 1. The second-order valence-corrected chi connectivity index (χ2v) is 13.6. The molecule has 0 unspecified atom stereocenters. The zero-order chi connectivity index (χ0) is 36.1. The van der Waals surface area contributed by atoms with Crippen molar-refractivity contribution in [3.8, 4) is 16.8 Å². The van der Waals surface area contributed by atoms with Crippen molar-refractivity contribution in [2.24, 2.45) is 0 Å². The summed E-state index contributed by atoms with van der Waals surface area (Å²) in [5.41, 5.74) is 8.29. The van der Waals surface area contributed by atoms with E-state index in [0.717, 1.165) is 45.5 Å². The third kappa shape index (κ3) is 10.1. The van der Waals surface area contributed by atoms with Crippen LogP contribution in [0, 0.1) is 0 Å². The average Bonchev–Trinajstić information content (AvgIpc) is 3.68. The van der Waals surface area contributed by atoms with E-state index >= 15 is 0 Å². The van der Waals surface area contributed by atoms with E-state index in [1.54, 1.807) is 10.2 Å². The van der Waals surface area contributed by atoms with Gasteiger partial charge in [0.1, 0.15) is 0 Å². The number of nitrogens with zero attached hydrogens (tertiary/aromatic N) is 4. The molecule has 4 N–H and O–H groups in total. The molecule has 0 bridgehead atoms. The predicted octanol–water partition coefficient (Wildman–Crippen LogP) is 6.23. The molecule has 0 radical (unpaired) electrons. The van der Waals surface area contributed by atoms with Crippen molar-refractivity contribution in [1.29, 1.82) is 0 Å². The monoisotopic (exact) mass is 722 g/mol. The molecule has 0 spiro atoms. The fourth-order valence-electron chi connectivity index (χ4n) is 5.98. The van der Waals surface area contributed by atoms with Crippen LogP contribution in [0.5, 0.6) is 0 Å². The number of ether oxygens (including phenoxy) is 2. The minimum Gasteiger partial charge on any atom is -0.392 e. The van der Waals surface area contributed by atoms with Crippen LogP contribution in [0.1, 0.15) is 73.2 Å². The van der Waals surface area contributed by atoms with Gasteiger partial charge in [-0.1, -0.05) is 103 Å². The molecule has 52 heavy (non-hydrogen) atoms. The van der Waals surface area contributed by atoms with Gasteiger partial charge >= 0.3 is 0 Å². The van der Waals surface area contributed by atoms with Gasteiger partial charge in [0.2, 0.25) is 17.0 Å². The molecule has 13 heteroatoms. The Morgan fingerprint density at radius 3 is 2.31 bits per heavy atom. The summed E-state index contributed by atoms with van der Waals surface area (Å²) < 4.78 is 14.8. The van der Waals surface area contributed by atoms with E-state index in [1.165, 1.54) is 11.8 Å². The summed E-state index contributed by atoms with van der Waals surface area (Å²) in [5, 5.41) is 34.1. The lowest BCUT2D eigenvalue weighted by Gasteiger charge is -2.36. The molecule has 1 saturated heterocycles. The van der Waals surface area contributed by atoms with Crippen LogP contribution in [-0.2, 0) is 32.2 Å². The van der Waals surface area contributed by atoms with Gasteiger partial charge in [-0.3, -0.25) is 14.8 Å². The number of rotatable bonds is 16. The molecule has 1 aromatic heterocycles.